The van der Waals surface area contributed by atoms with Crippen LogP contribution in [0.3, 0.4) is 0 Å². The first kappa shape index (κ1) is 95.4. The summed E-state index contributed by atoms with van der Waals surface area (Å²) in [6.45, 7) is 0. The Morgan fingerprint density at radius 3 is 0.180 bits per heavy atom. The smallest absolute Gasteiger partial charge is 0.217 e. The molecule has 0 unspecified atom stereocenters. The van der Waals surface area contributed by atoms with Crippen LogP contribution in [0.15, 0.2) is 0 Å². The first-order valence-corrected chi connectivity index (χ1v) is 34.6. The molecule has 89 heavy (non-hydrogen) atoms. The second-order valence-electron chi connectivity index (χ2n) is 13.0. The largest absolute Gasteiger partial charge is 4.00 e. The number of alkyl halides is 36. The monoisotopic (exact) mass is 1770 g/mol. The van der Waals surface area contributed by atoms with Gasteiger partial charge in [-0.1, -0.05) is 0 Å². The third-order valence-electron chi connectivity index (χ3n) is 6.91. The maximum Gasteiger partial charge on any atom is 4.00 e. The van der Waals surface area contributed by atoms with Crippen LogP contribution >= 0.6 is 0 Å². The van der Waals surface area contributed by atoms with E-state index >= 15 is 0 Å². The quantitative estimate of drug-likeness (QED) is 0.197. The Kier molecular flexibility index (Phi) is 27.9. The van der Waals surface area contributed by atoms with Crippen LogP contribution in [0.1, 0.15) is 0 Å². The standard InChI is InChI=1S/4C4HF9O6S3.Sn/c4*5-2(6,7)20(14,15)1(21(16,17)3(8,9)10)22(18,19)4(11,12)13;/h4*1H;/q;;;;+4. The molecule has 0 fully saturated rings. The molecule has 0 aliphatic rings. The number of halogens is 36. The number of hydrogen-bond donors (Lipinski definition) is 0. The van der Waals surface area contributed by atoms with E-state index in [0.29, 0.717) is 0 Å². The third-order valence-corrected chi connectivity index (χ3v) is 39.0. The van der Waals surface area contributed by atoms with Gasteiger partial charge in [-0.3, -0.25) is 0 Å². The molecule has 0 aromatic heterocycles. The summed E-state index contributed by atoms with van der Waals surface area (Å²) >= 11 is 0. The second-order valence-corrected chi connectivity index (χ2v) is 40.9. The van der Waals surface area contributed by atoms with Gasteiger partial charge in [-0.25, -0.2) is 101 Å². The van der Waals surface area contributed by atoms with Crippen molar-refractivity contribution in [1.82, 2.24) is 0 Å². The summed E-state index contributed by atoms with van der Waals surface area (Å²) in [5, 5.41) is 0. The molecule has 73 heteroatoms. The SMILES string of the molecule is O=S(=O)(C(S(=O)(=O)C(F)(F)F)S(=O)(=O)C(F)(F)F)C(F)(F)F.O=S(=O)(C(S(=O)(=O)C(F)(F)F)S(=O)(=O)C(F)(F)F)C(F)(F)F.O=S(=O)(C(S(=O)(=O)C(F)(F)F)S(=O)(=O)C(F)(F)F)C(F)(F)F.O=S(=O)(C(S(=O)(=O)C(F)(F)F)S(=O)(=O)C(F)(F)F)C(F)(F)F.[Sn+4]. The van der Waals surface area contributed by atoms with Gasteiger partial charge in [0.15, 0.2) is 0 Å². The zero-order chi connectivity index (χ0) is 74.3. The van der Waals surface area contributed by atoms with Crippen molar-refractivity contribution in [1.29, 1.82) is 0 Å². The minimum atomic E-state index is -7.94. The van der Waals surface area contributed by atoms with E-state index in [9.17, 15) is 259 Å². The summed E-state index contributed by atoms with van der Waals surface area (Å²) in [6.07, 6.45) is 0. The van der Waals surface area contributed by atoms with E-state index in [-0.39, 0.29) is 23.9 Å². The van der Waals surface area contributed by atoms with Gasteiger partial charge in [-0.15, -0.1) is 0 Å². The number of hydrogen-bond acceptors (Lipinski definition) is 24. The van der Waals surface area contributed by atoms with Crippen LogP contribution in [0.4, 0.5) is 158 Å². The van der Waals surface area contributed by atoms with Crippen LogP contribution in [0.25, 0.3) is 0 Å². The molecule has 0 aliphatic heterocycles. The van der Waals surface area contributed by atoms with Gasteiger partial charge in [0.2, 0.25) is 0 Å². The van der Waals surface area contributed by atoms with Gasteiger partial charge >= 0.3 is 90.0 Å². The Labute approximate surface area is 480 Å². The molecule has 0 N–H and O–H groups in total. The predicted molar refractivity (Wildman–Crippen MR) is 201 cm³/mol. The summed E-state index contributed by atoms with van der Waals surface area (Å²) in [7, 11) is -95.2. The average molecular weight is 1770 g/mol. The van der Waals surface area contributed by atoms with Gasteiger partial charge in [0.05, 0.1) is 0 Å². The summed E-state index contributed by atoms with van der Waals surface area (Å²) in [5.74, 6) is 0. The molecule has 24 nitrogen and oxygen atoms in total. The molecular weight excluding hydrogens is 1760 g/mol. The molecule has 0 aromatic carbocycles. The molecule has 0 saturated carbocycles. The molecule has 0 aromatic rings. The summed E-state index contributed by atoms with van der Waals surface area (Å²) in [5.41, 5.74) is -84.2. The van der Waals surface area contributed by atoms with E-state index in [1.165, 1.54) is 0 Å². The molecule has 0 saturated heterocycles. The molecule has 0 bridgehead atoms. The topological polar surface area (TPSA) is 410 Å². The molecule has 0 spiro atoms. The normalized spacial score (nSPS) is 15.9. The first-order chi connectivity index (χ1) is 36.5. The van der Waals surface area contributed by atoms with Crippen molar-refractivity contribution in [3.8, 4) is 0 Å². The van der Waals surface area contributed by atoms with Crippen molar-refractivity contribution >= 4 is 142 Å². The molecule has 536 valence electrons. The van der Waals surface area contributed by atoms with E-state index in [1.54, 1.807) is 0 Å². The zero-order valence-electron chi connectivity index (χ0n) is 37.1. The van der Waals surface area contributed by atoms with Crippen LogP contribution < -0.4 is 0 Å². The van der Waals surface area contributed by atoms with Gasteiger partial charge in [-0.2, -0.15) is 158 Å². The van der Waals surface area contributed by atoms with E-state index in [0.717, 1.165) is 0 Å². The van der Waals surface area contributed by atoms with Crippen molar-refractivity contribution in [2.75, 3.05) is 0 Å². The van der Waals surface area contributed by atoms with Crippen LogP contribution in [-0.4, -0.2) is 207 Å². The van der Waals surface area contributed by atoms with E-state index in [4.69, 9.17) is 0 Å². The Hall–Kier alpha value is -2.32. The summed E-state index contributed by atoms with van der Waals surface area (Å²) < 4.78 is 667. The minimum Gasteiger partial charge on any atom is -0.217 e. The molecule has 0 heterocycles. The maximum absolute atomic E-state index is 12.1. The average Bonchev–Trinajstić information content (AvgIpc) is 3.12. The Morgan fingerprint density at radius 1 is 0.124 bits per heavy atom. The maximum atomic E-state index is 12.1. The fourth-order valence-electron chi connectivity index (χ4n) is 3.31. The van der Waals surface area contributed by atoms with Gasteiger partial charge < -0.3 is 0 Å². The Bertz CT molecular complexity index is 3050. The Morgan fingerprint density at radius 2 is 0.157 bits per heavy atom. The fourth-order valence-corrected chi connectivity index (χ4v) is 29.8. The fraction of sp³-hybridized carbons (Fsp3) is 1.00. The van der Waals surface area contributed by atoms with Crippen molar-refractivity contribution in [3.05, 3.63) is 0 Å². The van der Waals surface area contributed by atoms with E-state index in [1.807, 2.05) is 0 Å². The molecule has 0 atom stereocenters. The molecule has 0 amide bonds. The van der Waals surface area contributed by atoms with Crippen molar-refractivity contribution < 1.29 is 259 Å². The van der Waals surface area contributed by atoms with Crippen molar-refractivity contribution in [2.45, 2.75) is 81.8 Å². The summed E-state index contributed by atoms with van der Waals surface area (Å²) in [6, 6.07) is 0. The molecular formula is C16H4F36O24S12Sn+4. The Balaban J connectivity index is -0.000000351. The van der Waals surface area contributed by atoms with Gasteiger partial charge in [-0.05, 0) is 0 Å². The van der Waals surface area contributed by atoms with Gasteiger partial charge in [0.1, 0.15) is 0 Å². The van der Waals surface area contributed by atoms with Crippen molar-refractivity contribution in [2.24, 2.45) is 0 Å². The van der Waals surface area contributed by atoms with E-state index in [2.05, 4.69) is 0 Å². The number of sulfone groups is 12. The van der Waals surface area contributed by atoms with Crippen molar-refractivity contribution in [3.63, 3.8) is 0 Å². The molecule has 0 rings (SSSR count). The number of rotatable bonds is 12. The van der Waals surface area contributed by atoms with Crippen LogP contribution in [0.5, 0.6) is 0 Å². The van der Waals surface area contributed by atoms with Crippen LogP contribution in [0.2, 0.25) is 0 Å². The summed E-state index contributed by atoms with van der Waals surface area (Å²) in [4.78, 5) is 0. The van der Waals surface area contributed by atoms with E-state index < -0.39 is 200 Å². The third kappa shape index (κ3) is 19.0. The van der Waals surface area contributed by atoms with Crippen LogP contribution in [-0.2, 0) is 118 Å². The van der Waals surface area contributed by atoms with Crippen LogP contribution in [0, 0.1) is 0 Å². The molecule has 0 radical (unpaired) electrons. The van der Waals surface area contributed by atoms with Gasteiger partial charge in [0, 0.05) is 0 Å². The second kappa shape index (κ2) is 26.0. The first-order valence-electron chi connectivity index (χ1n) is 16.1. The molecule has 0 aliphatic carbocycles. The zero-order valence-corrected chi connectivity index (χ0v) is 49.8. The predicted octanol–water partition coefficient (Wildman–Crippen LogP) is 3.91. The van der Waals surface area contributed by atoms with Gasteiger partial charge in [0.25, 0.3) is 134 Å². The minimum absolute atomic E-state index is 0.